The molecule has 1 aliphatic rings. The SMILES string of the molecule is CC(C)S(=O)(=O)Nc1cccc(N2CCN(Cc3cnn(-c4ccccn4)c3)CC2)c1. The van der Waals surface area contributed by atoms with Crippen molar-refractivity contribution in [3.8, 4) is 5.82 Å². The first-order valence-corrected chi connectivity index (χ1v) is 12.0. The van der Waals surface area contributed by atoms with Gasteiger partial charge in [-0.3, -0.25) is 9.62 Å². The van der Waals surface area contributed by atoms with Crippen molar-refractivity contribution in [3.63, 3.8) is 0 Å². The van der Waals surface area contributed by atoms with Crippen LogP contribution in [-0.2, 0) is 16.6 Å². The number of hydrogen-bond donors (Lipinski definition) is 1. The molecule has 1 N–H and O–H groups in total. The summed E-state index contributed by atoms with van der Waals surface area (Å²) in [6.45, 7) is 7.81. The van der Waals surface area contributed by atoms with Crippen LogP contribution in [0, 0.1) is 0 Å². The van der Waals surface area contributed by atoms with Crippen LogP contribution in [0.2, 0.25) is 0 Å². The fourth-order valence-corrected chi connectivity index (χ4v) is 4.22. The minimum Gasteiger partial charge on any atom is -0.369 e. The molecule has 1 saturated heterocycles. The molecule has 4 rings (SSSR count). The molecule has 0 spiro atoms. The Morgan fingerprint density at radius 3 is 2.58 bits per heavy atom. The van der Waals surface area contributed by atoms with Gasteiger partial charge in [-0.2, -0.15) is 5.10 Å². The van der Waals surface area contributed by atoms with E-state index in [0.29, 0.717) is 5.69 Å². The first-order chi connectivity index (χ1) is 14.9. The van der Waals surface area contributed by atoms with E-state index < -0.39 is 15.3 Å². The Morgan fingerprint density at radius 2 is 1.87 bits per heavy atom. The van der Waals surface area contributed by atoms with E-state index in [1.54, 1.807) is 30.8 Å². The van der Waals surface area contributed by atoms with Gasteiger partial charge in [-0.05, 0) is 44.2 Å². The van der Waals surface area contributed by atoms with Crippen LogP contribution in [0.1, 0.15) is 19.4 Å². The molecule has 0 atom stereocenters. The van der Waals surface area contributed by atoms with Crippen LogP contribution in [0.5, 0.6) is 0 Å². The zero-order chi connectivity index (χ0) is 21.8. The van der Waals surface area contributed by atoms with Gasteiger partial charge in [-0.15, -0.1) is 0 Å². The molecule has 1 aliphatic heterocycles. The normalized spacial score (nSPS) is 15.4. The van der Waals surface area contributed by atoms with E-state index in [1.165, 1.54) is 0 Å². The lowest BCUT2D eigenvalue weighted by Crippen LogP contribution is -2.45. The summed E-state index contributed by atoms with van der Waals surface area (Å²) in [7, 11) is -3.35. The molecule has 3 aromatic rings. The summed E-state index contributed by atoms with van der Waals surface area (Å²) < 4.78 is 28.8. The van der Waals surface area contributed by atoms with Gasteiger partial charge in [-0.25, -0.2) is 18.1 Å². The summed E-state index contributed by atoms with van der Waals surface area (Å²) in [5, 5.41) is 3.96. The fourth-order valence-electron chi connectivity index (χ4n) is 3.53. The van der Waals surface area contributed by atoms with Crippen molar-refractivity contribution in [2.24, 2.45) is 0 Å². The Hall–Kier alpha value is -2.91. The molecule has 0 bridgehead atoms. The van der Waals surface area contributed by atoms with Crippen LogP contribution in [0.3, 0.4) is 0 Å². The van der Waals surface area contributed by atoms with Gasteiger partial charge in [0.1, 0.15) is 0 Å². The van der Waals surface area contributed by atoms with E-state index in [1.807, 2.05) is 48.8 Å². The molecule has 0 unspecified atom stereocenters. The number of rotatable bonds is 7. The Morgan fingerprint density at radius 1 is 1.06 bits per heavy atom. The Kier molecular flexibility index (Phi) is 6.24. The highest BCUT2D eigenvalue weighted by Gasteiger charge is 2.20. The zero-order valence-corrected chi connectivity index (χ0v) is 18.7. The molecule has 0 radical (unpaired) electrons. The van der Waals surface area contributed by atoms with E-state index in [4.69, 9.17) is 0 Å². The fraction of sp³-hybridized carbons (Fsp3) is 0.364. The molecule has 8 nitrogen and oxygen atoms in total. The van der Waals surface area contributed by atoms with Crippen LogP contribution in [0.15, 0.2) is 61.1 Å². The van der Waals surface area contributed by atoms with Crippen LogP contribution in [-0.4, -0.2) is 59.5 Å². The van der Waals surface area contributed by atoms with Crippen molar-refractivity contribution in [2.75, 3.05) is 35.8 Å². The minimum atomic E-state index is -3.35. The third-order valence-electron chi connectivity index (χ3n) is 5.39. The number of hydrogen-bond acceptors (Lipinski definition) is 6. The number of sulfonamides is 1. The Bertz CT molecular complexity index is 1110. The summed E-state index contributed by atoms with van der Waals surface area (Å²) >= 11 is 0. The Labute approximate surface area is 183 Å². The van der Waals surface area contributed by atoms with Crippen LogP contribution in [0.25, 0.3) is 5.82 Å². The van der Waals surface area contributed by atoms with Gasteiger partial charge in [0.25, 0.3) is 0 Å². The zero-order valence-electron chi connectivity index (χ0n) is 17.8. The third-order valence-corrected chi connectivity index (χ3v) is 7.15. The van der Waals surface area contributed by atoms with Crippen LogP contribution >= 0.6 is 0 Å². The van der Waals surface area contributed by atoms with Gasteiger partial charge >= 0.3 is 0 Å². The second-order valence-electron chi connectivity index (χ2n) is 7.99. The van der Waals surface area contributed by atoms with E-state index in [2.05, 4.69) is 24.6 Å². The first-order valence-electron chi connectivity index (χ1n) is 10.4. The molecular formula is C22H28N6O2S. The molecule has 2 aromatic heterocycles. The monoisotopic (exact) mass is 440 g/mol. The van der Waals surface area contributed by atoms with Gasteiger partial charge in [0.2, 0.25) is 10.0 Å². The number of piperazine rings is 1. The second kappa shape index (κ2) is 9.07. The number of benzene rings is 1. The van der Waals surface area contributed by atoms with Crippen LogP contribution < -0.4 is 9.62 Å². The van der Waals surface area contributed by atoms with Crippen molar-refractivity contribution >= 4 is 21.4 Å². The second-order valence-corrected chi connectivity index (χ2v) is 10.2. The maximum atomic E-state index is 12.2. The largest absolute Gasteiger partial charge is 0.369 e. The number of anilines is 2. The van der Waals surface area contributed by atoms with Crippen molar-refractivity contribution in [2.45, 2.75) is 25.6 Å². The molecule has 9 heteroatoms. The quantitative estimate of drug-likeness (QED) is 0.608. The molecule has 31 heavy (non-hydrogen) atoms. The van der Waals surface area contributed by atoms with Gasteiger partial charge in [0.05, 0.1) is 17.1 Å². The molecule has 0 aliphatic carbocycles. The van der Waals surface area contributed by atoms with Crippen molar-refractivity contribution in [1.29, 1.82) is 0 Å². The highest BCUT2D eigenvalue weighted by Crippen LogP contribution is 2.23. The average molecular weight is 441 g/mol. The van der Waals surface area contributed by atoms with Crippen molar-refractivity contribution in [1.82, 2.24) is 19.7 Å². The van der Waals surface area contributed by atoms with E-state index >= 15 is 0 Å². The van der Waals surface area contributed by atoms with Crippen LogP contribution in [0.4, 0.5) is 11.4 Å². The number of pyridine rings is 1. The lowest BCUT2D eigenvalue weighted by Gasteiger charge is -2.36. The average Bonchev–Trinajstić information content (AvgIpc) is 3.23. The molecule has 1 fully saturated rings. The van der Waals surface area contributed by atoms with Gasteiger partial charge < -0.3 is 4.90 Å². The van der Waals surface area contributed by atoms with E-state index in [-0.39, 0.29) is 0 Å². The van der Waals surface area contributed by atoms with Gasteiger partial charge in [0, 0.05) is 56.4 Å². The van der Waals surface area contributed by atoms with Crippen molar-refractivity contribution in [3.05, 3.63) is 66.6 Å². The molecule has 0 saturated carbocycles. The highest BCUT2D eigenvalue weighted by molar-refractivity contribution is 7.93. The first kappa shape index (κ1) is 21.3. The standard InChI is InChI=1S/C22H28N6O2S/c1-18(2)31(29,30)25-20-6-5-7-21(14-20)27-12-10-26(11-13-27)16-19-15-24-28(17-19)22-8-3-4-9-23-22/h3-9,14-15,17-18,25H,10-13,16H2,1-2H3. The summed E-state index contributed by atoms with van der Waals surface area (Å²) in [5.74, 6) is 0.812. The number of nitrogens with zero attached hydrogens (tertiary/aromatic N) is 5. The summed E-state index contributed by atoms with van der Waals surface area (Å²) in [6, 6.07) is 13.4. The topological polar surface area (TPSA) is 83.4 Å². The number of aromatic nitrogens is 3. The maximum Gasteiger partial charge on any atom is 0.235 e. The minimum absolute atomic E-state index is 0.471. The molecular weight excluding hydrogens is 412 g/mol. The Balaban J connectivity index is 1.34. The van der Waals surface area contributed by atoms with Crippen molar-refractivity contribution < 1.29 is 8.42 Å². The lowest BCUT2D eigenvalue weighted by atomic mass is 10.2. The third kappa shape index (κ3) is 5.23. The summed E-state index contributed by atoms with van der Waals surface area (Å²) in [4.78, 5) is 9.03. The van der Waals surface area contributed by atoms with Gasteiger partial charge in [-0.1, -0.05) is 12.1 Å². The molecule has 0 amide bonds. The highest BCUT2D eigenvalue weighted by atomic mass is 32.2. The molecule has 3 heterocycles. The smallest absolute Gasteiger partial charge is 0.235 e. The number of nitrogens with one attached hydrogen (secondary N) is 1. The van der Waals surface area contributed by atoms with E-state index in [9.17, 15) is 8.42 Å². The predicted octanol–water partition coefficient (Wildman–Crippen LogP) is 2.74. The summed E-state index contributed by atoms with van der Waals surface area (Å²) in [5.41, 5.74) is 2.80. The summed E-state index contributed by atoms with van der Waals surface area (Å²) in [6.07, 6.45) is 5.68. The maximum absolute atomic E-state index is 12.2. The lowest BCUT2D eigenvalue weighted by molar-refractivity contribution is 0.250. The molecule has 164 valence electrons. The molecule has 1 aromatic carbocycles. The predicted molar refractivity (Wildman–Crippen MR) is 123 cm³/mol. The van der Waals surface area contributed by atoms with E-state index in [0.717, 1.165) is 49.8 Å². The van der Waals surface area contributed by atoms with Gasteiger partial charge in [0.15, 0.2) is 5.82 Å².